The van der Waals surface area contributed by atoms with Crippen LogP contribution in [0.25, 0.3) is 0 Å². The highest BCUT2D eigenvalue weighted by Crippen LogP contribution is 2.34. The number of carbonyl (C=O) groups excluding carboxylic acids is 1. The van der Waals surface area contributed by atoms with Crippen LogP contribution >= 0.6 is 0 Å². The van der Waals surface area contributed by atoms with Crippen LogP contribution in [0.2, 0.25) is 0 Å². The summed E-state index contributed by atoms with van der Waals surface area (Å²) in [7, 11) is 0. The molecule has 17 heavy (non-hydrogen) atoms. The molecule has 1 aromatic carbocycles. The van der Waals surface area contributed by atoms with E-state index >= 15 is 0 Å². The van der Waals surface area contributed by atoms with Crippen LogP contribution in [0, 0.1) is 0 Å². The Labute approximate surface area is 98.1 Å². The van der Waals surface area contributed by atoms with E-state index in [9.17, 15) is 4.79 Å². The molecule has 0 radical (unpaired) electrons. The first-order valence-corrected chi connectivity index (χ1v) is 5.36. The summed E-state index contributed by atoms with van der Waals surface area (Å²) >= 11 is 0. The Bertz CT molecular complexity index is 512. The molecule has 0 aromatic heterocycles. The van der Waals surface area contributed by atoms with E-state index < -0.39 is 5.41 Å². The highest BCUT2D eigenvalue weighted by atomic mass is 17.2. The molecule has 0 bridgehead atoms. The lowest BCUT2D eigenvalue weighted by molar-refractivity contribution is -0.194. The van der Waals surface area contributed by atoms with Crippen LogP contribution in [0.4, 0.5) is 0 Å². The average molecular weight is 232 g/mol. The van der Waals surface area contributed by atoms with Crippen molar-refractivity contribution in [2.75, 3.05) is 6.54 Å². The Hall–Kier alpha value is -2.01. The second-order valence-electron chi connectivity index (χ2n) is 4.22. The van der Waals surface area contributed by atoms with E-state index in [0.29, 0.717) is 18.9 Å². The van der Waals surface area contributed by atoms with E-state index in [1.807, 2.05) is 12.1 Å². The van der Waals surface area contributed by atoms with Gasteiger partial charge in [0.2, 0.25) is 5.91 Å². The van der Waals surface area contributed by atoms with Crippen LogP contribution in [0.3, 0.4) is 0 Å². The fourth-order valence-electron chi connectivity index (χ4n) is 2.20. The number of primary amides is 1. The zero-order valence-corrected chi connectivity index (χ0v) is 9.10. The monoisotopic (exact) mass is 232 g/mol. The third-order valence-electron chi connectivity index (χ3n) is 3.25. The minimum Gasteiger partial charge on any atom is -0.389 e. The molecule has 1 unspecified atom stereocenters. The predicted molar refractivity (Wildman–Crippen MR) is 59.9 cm³/mol. The minimum absolute atomic E-state index is 0.362. The fourth-order valence-corrected chi connectivity index (χ4v) is 2.20. The third kappa shape index (κ3) is 1.39. The van der Waals surface area contributed by atoms with Crippen LogP contribution in [0.15, 0.2) is 30.5 Å². The van der Waals surface area contributed by atoms with E-state index in [1.54, 1.807) is 18.3 Å². The maximum atomic E-state index is 11.7. The summed E-state index contributed by atoms with van der Waals surface area (Å²) in [6, 6.07) is 5.55. The largest absolute Gasteiger partial charge is 0.389 e. The summed E-state index contributed by atoms with van der Waals surface area (Å²) in [6.45, 7) is 0.887. The standard InChI is InChI=1S/C12H12N2O3/c13-11(15)12(3-4-14-7-12)9-1-2-10-8(5-9)6-16-17-10/h1-5,14H,6-7H2,(H2,13,15). The maximum Gasteiger partial charge on any atom is 0.233 e. The highest BCUT2D eigenvalue weighted by molar-refractivity contribution is 5.90. The maximum absolute atomic E-state index is 11.7. The molecule has 5 heteroatoms. The van der Waals surface area contributed by atoms with Gasteiger partial charge in [0, 0.05) is 12.1 Å². The summed E-state index contributed by atoms with van der Waals surface area (Å²) < 4.78 is 0. The van der Waals surface area contributed by atoms with Crippen molar-refractivity contribution in [1.82, 2.24) is 5.32 Å². The third-order valence-corrected chi connectivity index (χ3v) is 3.25. The van der Waals surface area contributed by atoms with Gasteiger partial charge in [0.25, 0.3) is 0 Å². The first-order valence-electron chi connectivity index (χ1n) is 5.36. The number of benzene rings is 1. The number of nitrogens with one attached hydrogen (secondary N) is 1. The van der Waals surface area contributed by atoms with Crippen molar-refractivity contribution < 1.29 is 14.6 Å². The zero-order valence-electron chi connectivity index (χ0n) is 9.10. The lowest BCUT2D eigenvalue weighted by atomic mass is 9.80. The van der Waals surface area contributed by atoms with Gasteiger partial charge >= 0.3 is 0 Å². The van der Waals surface area contributed by atoms with Crippen molar-refractivity contribution in [3.8, 4) is 5.75 Å². The summed E-state index contributed by atoms with van der Waals surface area (Å²) in [5.74, 6) is 0.335. The van der Waals surface area contributed by atoms with Gasteiger partial charge in [-0.15, -0.1) is 0 Å². The van der Waals surface area contributed by atoms with Gasteiger partial charge in [-0.1, -0.05) is 6.07 Å². The molecule has 0 fully saturated rings. The Morgan fingerprint density at radius 2 is 2.35 bits per heavy atom. The van der Waals surface area contributed by atoms with Crippen molar-refractivity contribution in [1.29, 1.82) is 0 Å². The van der Waals surface area contributed by atoms with Crippen molar-refractivity contribution in [2.45, 2.75) is 12.0 Å². The Morgan fingerprint density at radius 3 is 3.06 bits per heavy atom. The van der Waals surface area contributed by atoms with Gasteiger partial charge in [-0.3, -0.25) is 4.79 Å². The van der Waals surface area contributed by atoms with Crippen LogP contribution < -0.4 is 15.9 Å². The number of carbonyl (C=O) groups is 1. The molecule has 1 atom stereocenters. The SMILES string of the molecule is NC(=O)C1(c2ccc3c(c2)COO3)C=CNC1. The van der Waals surface area contributed by atoms with Crippen molar-refractivity contribution >= 4 is 5.91 Å². The number of fused-ring (bicyclic) bond motifs is 1. The molecule has 0 saturated carbocycles. The van der Waals surface area contributed by atoms with Crippen LogP contribution in [-0.2, 0) is 21.7 Å². The molecule has 0 aliphatic carbocycles. The van der Waals surface area contributed by atoms with E-state index in [2.05, 4.69) is 5.32 Å². The Morgan fingerprint density at radius 1 is 1.47 bits per heavy atom. The molecule has 1 amide bonds. The van der Waals surface area contributed by atoms with E-state index in [0.717, 1.165) is 11.1 Å². The molecular weight excluding hydrogens is 220 g/mol. The number of hydrogen-bond acceptors (Lipinski definition) is 4. The molecule has 2 aliphatic rings. The molecule has 2 heterocycles. The van der Waals surface area contributed by atoms with E-state index in [1.165, 1.54) is 0 Å². The average Bonchev–Trinajstić information content (AvgIpc) is 2.97. The lowest BCUT2D eigenvalue weighted by Crippen LogP contribution is -2.43. The number of nitrogens with two attached hydrogens (primary N) is 1. The van der Waals surface area contributed by atoms with Crippen molar-refractivity contribution in [3.05, 3.63) is 41.6 Å². The number of amides is 1. The molecule has 5 nitrogen and oxygen atoms in total. The lowest BCUT2D eigenvalue weighted by Gasteiger charge is -2.23. The van der Waals surface area contributed by atoms with Gasteiger partial charge < -0.3 is 15.9 Å². The van der Waals surface area contributed by atoms with Gasteiger partial charge in [0.15, 0.2) is 5.75 Å². The predicted octanol–water partition coefficient (Wildman–Crippen LogP) is 0.351. The quantitative estimate of drug-likeness (QED) is 0.722. The summed E-state index contributed by atoms with van der Waals surface area (Å²) in [4.78, 5) is 21.5. The van der Waals surface area contributed by atoms with Crippen LogP contribution in [0.5, 0.6) is 5.75 Å². The number of hydrogen-bond donors (Lipinski definition) is 2. The second kappa shape index (κ2) is 3.49. The Kier molecular flexibility index (Phi) is 2.09. The van der Waals surface area contributed by atoms with Crippen LogP contribution in [0.1, 0.15) is 11.1 Å². The molecule has 0 saturated heterocycles. The second-order valence-corrected chi connectivity index (χ2v) is 4.22. The number of rotatable bonds is 2. The molecule has 0 spiro atoms. The summed E-state index contributed by atoms with van der Waals surface area (Å²) in [5.41, 5.74) is 6.55. The molecule has 3 N–H and O–H groups in total. The topological polar surface area (TPSA) is 73.6 Å². The molecule has 1 aromatic rings. The first kappa shape index (κ1) is 10.2. The van der Waals surface area contributed by atoms with Gasteiger partial charge in [0.05, 0.1) is 0 Å². The van der Waals surface area contributed by atoms with Gasteiger partial charge in [0.1, 0.15) is 12.0 Å². The normalized spacial score (nSPS) is 25.2. The van der Waals surface area contributed by atoms with Crippen molar-refractivity contribution in [2.24, 2.45) is 5.73 Å². The van der Waals surface area contributed by atoms with E-state index in [-0.39, 0.29) is 5.91 Å². The smallest absolute Gasteiger partial charge is 0.233 e. The Balaban J connectivity index is 2.08. The molecule has 88 valence electrons. The minimum atomic E-state index is -0.766. The van der Waals surface area contributed by atoms with Gasteiger partial charge in [-0.05, 0) is 30.0 Å². The van der Waals surface area contributed by atoms with E-state index in [4.69, 9.17) is 15.5 Å². The van der Waals surface area contributed by atoms with Gasteiger partial charge in [-0.2, -0.15) is 4.89 Å². The fraction of sp³-hybridized carbons (Fsp3) is 0.250. The molecule has 2 aliphatic heterocycles. The van der Waals surface area contributed by atoms with Crippen LogP contribution in [-0.4, -0.2) is 12.5 Å². The first-order chi connectivity index (χ1) is 8.22. The molecule has 3 rings (SSSR count). The van der Waals surface area contributed by atoms with Crippen molar-refractivity contribution in [3.63, 3.8) is 0 Å². The highest BCUT2D eigenvalue weighted by Gasteiger charge is 2.39. The zero-order chi connectivity index (χ0) is 11.9. The summed E-state index contributed by atoms with van der Waals surface area (Å²) in [6.07, 6.45) is 3.55. The summed E-state index contributed by atoms with van der Waals surface area (Å²) in [5, 5.41) is 3.02. The molecular formula is C12H12N2O3. The van der Waals surface area contributed by atoms with Gasteiger partial charge in [-0.25, -0.2) is 0 Å².